The number of rotatable bonds is 5. The fraction of sp³-hybridized carbons (Fsp3) is 0.538. The first-order valence-electron chi connectivity index (χ1n) is 6.50. The zero-order chi connectivity index (χ0) is 13.8. The Morgan fingerprint density at radius 3 is 2.84 bits per heavy atom. The first-order valence-corrected chi connectivity index (χ1v) is 6.50. The van der Waals surface area contributed by atoms with Gasteiger partial charge < -0.3 is 9.88 Å². The largest absolute Gasteiger partial charge is 0.368 e. The summed E-state index contributed by atoms with van der Waals surface area (Å²) >= 11 is 0. The summed E-state index contributed by atoms with van der Waals surface area (Å²) in [4.78, 5) is 8.71. The van der Waals surface area contributed by atoms with Crippen LogP contribution in [0.2, 0.25) is 0 Å². The molecule has 6 nitrogen and oxygen atoms in total. The average Bonchev–Trinajstić information content (AvgIpc) is 2.82. The molecule has 102 valence electrons. The van der Waals surface area contributed by atoms with Gasteiger partial charge in [0.1, 0.15) is 18.0 Å². The maximum atomic E-state index is 4.43. The number of anilines is 1. The van der Waals surface area contributed by atoms with E-state index in [1.807, 2.05) is 13.8 Å². The maximum Gasteiger partial charge on any atom is 0.147 e. The quantitative estimate of drug-likeness (QED) is 0.889. The van der Waals surface area contributed by atoms with Crippen molar-refractivity contribution in [3.05, 3.63) is 29.7 Å². The third-order valence-electron chi connectivity index (χ3n) is 2.92. The molecule has 2 aromatic rings. The van der Waals surface area contributed by atoms with E-state index in [0.717, 1.165) is 36.0 Å². The third-order valence-corrected chi connectivity index (χ3v) is 2.92. The third kappa shape index (κ3) is 3.27. The summed E-state index contributed by atoms with van der Waals surface area (Å²) in [7, 11) is 0. The fourth-order valence-corrected chi connectivity index (χ4v) is 1.87. The Morgan fingerprint density at radius 1 is 1.32 bits per heavy atom. The Labute approximate surface area is 113 Å². The van der Waals surface area contributed by atoms with E-state index in [1.165, 1.54) is 0 Å². The number of aryl methyl sites for hydroxylation is 2. The molecule has 0 amide bonds. The Balaban J connectivity index is 1.96. The molecule has 0 bridgehead atoms. The summed E-state index contributed by atoms with van der Waals surface area (Å²) < 4.78 is 2.08. The van der Waals surface area contributed by atoms with Gasteiger partial charge in [0.2, 0.25) is 0 Å². The number of nitrogens with zero attached hydrogens (tertiary/aromatic N) is 5. The van der Waals surface area contributed by atoms with E-state index in [2.05, 4.69) is 43.9 Å². The van der Waals surface area contributed by atoms with E-state index in [-0.39, 0.29) is 0 Å². The van der Waals surface area contributed by atoms with Crippen LogP contribution in [0.1, 0.15) is 37.1 Å². The van der Waals surface area contributed by atoms with Crippen LogP contribution in [0.25, 0.3) is 0 Å². The molecular formula is C13H20N6. The van der Waals surface area contributed by atoms with E-state index in [1.54, 1.807) is 12.5 Å². The molecule has 0 radical (unpaired) electrons. The van der Waals surface area contributed by atoms with Crippen molar-refractivity contribution < 1.29 is 0 Å². The van der Waals surface area contributed by atoms with Crippen LogP contribution in [-0.4, -0.2) is 31.3 Å². The van der Waals surface area contributed by atoms with Crippen molar-refractivity contribution in [2.45, 2.75) is 40.2 Å². The molecule has 0 aromatic carbocycles. The van der Waals surface area contributed by atoms with Gasteiger partial charge in [0, 0.05) is 25.2 Å². The summed E-state index contributed by atoms with van der Waals surface area (Å²) in [5.74, 6) is 1.83. The van der Waals surface area contributed by atoms with Gasteiger partial charge >= 0.3 is 0 Å². The van der Waals surface area contributed by atoms with Gasteiger partial charge in [-0.25, -0.2) is 4.98 Å². The minimum Gasteiger partial charge on any atom is -0.368 e. The first kappa shape index (κ1) is 13.5. The van der Waals surface area contributed by atoms with Crippen LogP contribution in [0.3, 0.4) is 0 Å². The zero-order valence-corrected chi connectivity index (χ0v) is 11.9. The first-order chi connectivity index (χ1) is 9.08. The predicted molar refractivity (Wildman–Crippen MR) is 74.1 cm³/mol. The number of hydrogen-bond acceptors (Lipinski definition) is 5. The van der Waals surface area contributed by atoms with Gasteiger partial charge in [-0.2, -0.15) is 0 Å². The molecule has 0 saturated heterocycles. The Bertz CT molecular complexity index is 546. The molecule has 0 saturated carbocycles. The SMILES string of the molecule is Cc1cnc(C)c(NCCc2nncn2C(C)C)n1. The van der Waals surface area contributed by atoms with Crippen molar-refractivity contribution >= 4 is 5.82 Å². The molecule has 2 rings (SSSR count). The van der Waals surface area contributed by atoms with Gasteiger partial charge in [0.05, 0.1) is 11.4 Å². The second kappa shape index (κ2) is 5.77. The monoisotopic (exact) mass is 260 g/mol. The molecule has 19 heavy (non-hydrogen) atoms. The molecule has 0 spiro atoms. The van der Waals surface area contributed by atoms with E-state index in [4.69, 9.17) is 0 Å². The Hall–Kier alpha value is -1.98. The van der Waals surface area contributed by atoms with Crippen LogP contribution in [0, 0.1) is 13.8 Å². The molecule has 2 heterocycles. The van der Waals surface area contributed by atoms with Crippen molar-refractivity contribution in [1.82, 2.24) is 24.7 Å². The number of nitrogens with one attached hydrogen (secondary N) is 1. The lowest BCUT2D eigenvalue weighted by molar-refractivity contribution is 0.568. The Kier molecular flexibility index (Phi) is 4.09. The Morgan fingerprint density at radius 2 is 2.11 bits per heavy atom. The molecule has 6 heteroatoms. The minimum atomic E-state index is 0.380. The van der Waals surface area contributed by atoms with Crippen molar-refractivity contribution in [3.63, 3.8) is 0 Å². The van der Waals surface area contributed by atoms with Crippen molar-refractivity contribution in [1.29, 1.82) is 0 Å². The van der Waals surface area contributed by atoms with Gasteiger partial charge in [0.25, 0.3) is 0 Å². The van der Waals surface area contributed by atoms with Gasteiger partial charge in [-0.15, -0.1) is 10.2 Å². The summed E-state index contributed by atoms with van der Waals surface area (Å²) in [5.41, 5.74) is 1.83. The molecule has 0 aliphatic heterocycles. The van der Waals surface area contributed by atoms with Crippen LogP contribution in [0.4, 0.5) is 5.82 Å². The fourth-order valence-electron chi connectivity index (χ4n) is 1.87. The summed E-state index contributed by atoms with van der Waals surface area (Å²) in [5, 5.41) is 11.4. The molecule has 0 aliphatic rings. The van der Waals surface area contributed by atoms with Crippen LogP contribution in [-0.2, 0) is 6.42 Å². The molecule has 0 unspecified atom stereocenters. The normalized spacial score (nSPS) is 11.0. The van der Waals surface area contributed by atoms with Crippen LogP contribution >= 0.6 is 0 Å². The standard InChI is InChI=1S/C13H20N6/c1-9(2)19-8-16-18-12(19)5-6-14-13-11(4)15-7-10(3)17-13/h7-9H,5-6H2,1-4H3,(H,14,17). The maximum absolute atomic E-state index is 4.43. The minimum absolute atomic E-state index is 0.380. The summed E-state index contributed by atoms with van der Waals surface area (Å²) in [6.45, 7) is 8.90. The van der Waals surface area contributed by atoms with E-state index >= 15 is 0 Å². The van der Waals surface area contributed by atoms with E-state index < -0.39 is 0 Å². The van der Waals surface area contributed by atoms with E-state index in [0.29, 0.717) is 6.04 Å². The highest BCUT2D eigenvalue weighted by atomic mass is 15.3. The summed E-state index contributed by atoms with van der Waals surface area (Å²) in [6.07, 6.45) is 4.36. The van der Waals surface area contributed by atoms with E-state index in [9.17, 15) is 0 Å². The van der Waals surface area contributed by atoms with Crippen molar-refractivity contribution in [3.8, 4) is 0 Å². The van der Waals surface area contributed by atoms with Gasteiger partial charge in [0.15, 0.2) is 0 Å². The highest BCUT2D eigenvalue weighted by Gasteiger charge is 2.07. The topological polar surface area (TPSA) is 68.5 Å². The number of hydrogen-bond donors (Lipinski definition) is 1. The predicted octanol–water partition coefficient (Wildman–Crippen LogP) is 1.92. The number of aromatic nitrogens is 5. The molecule has 0 aliphatic carbocycles. The van der Waals surface area contributed by atoms with Crippen LogP contribution < -0.4 is 5.32 Å². The van der Waals surface area contributed by atoms with Crippen molar-refractivity contribution in [2.24, 2.45) is 0 Å². The van der Waals surface area contributed by atoms with Crippen LogP contribution in [0.5, 0.6) is 0 Å². The second-order valence-electron chi connectivity index (χ2n) is 4.87. The average molecular weight is 260 g/mol. The lowest BCUT2D eigenvalue weighted by atomic mass is 10.3. The summed E-state index contributed by atoms with van der Waals surface area (Å²) in [6, 6.07) is 0.380. The zero-order valence-electron chi connectivity index (χ0n) is 11.9. The highest BCUT2D eigenvalue weighted by molar-refractivity contribution is 5.39. The highest BCUT2D eigenvalue weighted by Crippen LogP contribution is 2.10. The van der Waals surface area contributed by atoms with Gasteiger partial charge in [-0.3, -0.25) is 4.98 Å². The van der Waals surface area contributed by atoms with Crippen molar-refractivity contribution in [2.75, 3.05) is 11.9 Å². The van der Waals surface area contributed by atoms with Gasteiger partial charge in [-0.1, -0.05) is 0 Å². The molecular weight excluding hydrogens is 240 g/mol. The lowest BCUT2D eigenvalue weighted by Crippen LogP contribution is -2.13. The molecule has 1 N–H and O–H groups in total. The lowest BCUT2D eigenvalue weighted by Gasteiger charge is -2.11. The smallest absolute Gasteiger partial charge is 0.147 e. The molecule has 0 atom stereocenters. The second-order valence-corrected chi connectivity index (χ2v) is 4.87. The molecule has 2 aromatic heterocycles. The van der Waals surface area contributed by atoms with Crippen LogP contribution in [0.15, 0.2) is 12.5 Å². The molecule has 0 fully saturated rings. The van der Waals surface area contributed by atoms with Gasteiger partial charge in [-0.05, 0) is 27.7 Å².